The van der Waals surface area contributed by atoms with Gasteiger partial charge in [-0.25, -0.2) is 8.78 Å². The minimum absolute atomic E-state index is 0.0581. The molecule has 2 rings (SSSR count). The molecule has 2 fully saturated rings. The second-order valence-electron chi connectivity index (χ2n) is 4.95. The van der Waals surface area contributed by atoms with Gasteiger partial charge in [0.25, 0.3) is 0 Å². The molecule has 0 radical (unpaired) electrons. The summed E-state index contributed by atoms with van der Waals surface area (Å²) in [7, 11) is 0. The van der Waals surface area contributed by atoms with E-state index in [4.69, 9.17) is 0 Å². The van der Waals surface area contributed by atoms with Crippen LogP contribution in [-0.2, 0) is 9.59 Å². The maximum absolute atomic E-state index is 13.0. The van der Waals surface area contributed by atoms with Crippen LogP contribution in [0.4, 0.5) is 17.6 Å². The number of carbonyl (C=O) groups excluding carboxylic acids is 2. The Kier molecular flexibility index (Phi) is 3.69. The Morgan fingerprint density at radius 2 is 1.95 bits per heavy atom. The maximum Gasteiger partial charge on any atom is 0.324 e. The van der Waals surface area contributed by atoms with Crippen LogP contribution in [0.5, 0.6) is 0 Å². The van der Waals surface area contributed by atoms with Crippen LogP contribution in [0.3, 0.4) is 0 Å². The Labute approximate surface area is 107 Å². The van der Waals surface area contributed by atoms with Crippen LogP contribution in [0, 0.1) is 5.92 Å². The van der Waals surface area contributed by atoms with Gasteiger partial charge in [0.05, 0.1) is 6.54 Å². The van der Waals surface area contributed by atoms with Gasteiger partial charge < -0.3 is 10.2 Å². The van der Waals surface area contributed by atoms with Crippen molar-refractivity contribution in [2.75, 3.05) is 13.1 Å². The molecule has 1 N–H and O–H groups in total. The lowest BCUT2D eigenvalue weighted by molar-refractivity contribution is -0.157. The minimum Gasteiger partial charge on any atom is -0.344 e. The van der Waals surface area contributed by atoms with E-state index in [-0.39, 0.29) is 18.9 Å². The van der Waals surface area contributed by atoms with Crippen molar-refractivity contribution < 1.29 is 27.2 Å². The summed E-state index contributed by atoms with van der Waals surface area (Å²) in [6.45, 7) is -1.60. The summed E-state index contributed by atoms with van der Waals surface area (Å²) >= 11 is 0. The molecule has 1 aliphatic carbocycles. The van der Waals surface area contributed by atoms with Crippen molar-refractivity contribution in [2.45, 2.75) is 37.7 Å². The second-order valence-corrected chi connectivity index (χ2v) is 4.95. The highest BCUT2D eigenvalue weighted by Gasteiger charge is 2.47. The first-order valence-corrected chi connectivity index (χ1v) is 6.05. The van der Waals surface area contributed by atoms with E-state index in [0.29, 0.717) is 4.90 Å². The Bertz CT molecular complexity index is 385. The van der Waals surface area contributed by atoms with Gasteiger partial charge in [0, 0.05) is 13.0 Å². The smallest absolute Gasteiger partial charge is 0.324 e. The van der Waals surface area contributed by atoms with Crippen molar-refractivity contribution in [1.29, 1.82) is 0 Å². The van der Waals surface area contributed by atoms with Gasteiger partial charge in [0.1, 0.15) is 6.04 Å². The fourth-order valence-corrected chi connectivity index (χ4v) is 2.08. The molecule has 108 valence electrons. The molecule has 19 heavy (non-hydrogen) atoms. The normalized spacial score (nSPS) is 25.5. The van der Waals surface area contributed by atoms with Crippen molar-refractivity contribution in [3.63, 3.8) is 0 Å². The highest BCUT2D eigenvalue weighted by atomic mass is 19.3. The van der Waals surface area contributed by atoms with Gasteiger partial charge in [-0.2, -0.15) is 8.78 Å². The Balaban J connectivity index is 2.10. The van der Waals surface area contributed by atoms with Crippen LogP contribution >= 0.6 is 0 Å². The second kappa shape index (κ2) is 4.97. The van der Waals surface area contributed by atoms with Gasteiger partial charge in [-0.3, -0.25) is 9.59 Å². The van der Waals surface area contributed by atoms with E-state index in [1.165, 1.54) is 0 Å². The Morgan fingerprint density at radius 3 is 2.47 bits per heavy atom. The first-order chi connectivity index (χ1) is 8.81. The lowest BCUT2D eigenvalue weighted by atomic mass is 10.1. The van der Waals surface area contributed by atoms with Gasteiger partial charge in [-0.05, 0) is 18.8 Å². The predicted molar refractivity (Wildman–Crippen MR) is 56.8 cm³/mol. The molecule has 1 unspecified atom stereocenters. The fourth-order valence-electron chi connectivity index (χ4n) is 2.08. The molecule has 1 atom stereocenters. The third-order valence-electron chi connectivity index (χ3n) is 3.32. The average Bonchev–Trinajstić information content (AvgIpc) is 3.13. The molecular formula is C11H14F4N2O2. The van der Waals surface area contributed by atoms with Crippen molar-refractivity contribution in [3.8, 4) is 0 Å². The molecule has 0 aromatic rings. The fraction of sp³-hybridized carbons (Fsp3) is 0.818. The van der Waals surface area contributed by atoms with E-state index in [9.17, 15) is 27.2 Å². The van der Waals surface area contributed by atoms with Crippen LogP contribution in [0.25, 0.3) is 0 Å². The number of nitrogens with one attached hydrogen (secondary N) is 1. The van der Waals surface area contributed by atoms with E-state index in [1.807, 2.05) is 0 Å². The summed E-state index contributed by atoms with van der Waals surface area (Å²) in [6.07, 6.45) is -2.51. The molecule has 4 nitrogen and oxygen atoms in total. The summed E-state index contributed by atoms with van der Waals surface area (Å²) in [6, 6.07) is -0.844. The van der Waals surface area contributed by atoms with Gasteiger partial charge in [-0.1, -0.05) is 0 Å². The monoisotopic (exact) mass is 282 g/mol. The maximum atomic E-state index is 13.0. The lowest BCUT2D eigenvalue weighted by Crippen LogP contribution is -2.50. The Hall–Kier alpha value is -1.34. The minimum atomic E-state index is -4.25. The van der Waals surface area contributed by atoms with Crippen molar-refractivity contribution >= 4 is 11.8 Å². The molecule has 8 heteroatoms. The van der Waals surface area contributed by atoms with Crippen molar-refractivity contribution in [3.05, 3.63) is 0 Å². The number of halogens is 4. The van der Waals surface area contributed by atoms with Crippen molar-refractivity contribution in [2.24, 2.45) is 5.92 Å². The summed E-state index contributed by atoms with van der Waals surface area (Å²) in [5.41, 5.74) is 0. The van der Waals surface area contributed by atoms with Crippen LogP contribution in [0.15, 0.2) is 0 Å². The summed E-state index contributed by atoms with van der Waals surface area (Å²) in [5.74, 6) is -5.41. The van der Waals surface area contributed by atoms with E-state index in [2.05, 4.69) is 5.32 Å². The first-order valence-electron chi connectivity index (χ1n) is 6.05. The van der Waals surface area contributed by atoms with E-state index in [1.54, 1.807) is 0 Å². The van der Waals surface area contributed by atoms with E-state index >= 15 is 0 Å². The van der Waals surface area contributed by atoms with Gasteiger partial charge in [0.2, 0.25) is 11.8 Å². The molecule has 1 saturated heterocycles. The topological polar surface area (TPSA) is 49.4 Å². The van der Waals surface area contributed by atoms with E-state index in [0.717, 1.165) is 12.8 Å². The first kappa shape index (κ1) is 14.1. The summed E-state index contributed by atoms with van der Waals surface area (Å²) in [4.78, 5) is 24.1. The summed E-state index contributed by atoms with van der Waals surface area (Å²) < 4.78 is 50.4. The molecule has 0 bridgehead atoms. The zero-order valence-corrected chi connectivity index (χ0v) is 10.0. The summed E-state index contributed by atoms with van der Waals surface area (Å²) in [5, 5.41) is 2.47. The number of carbonyl (C=O) groups is 2. The largest absolute Gasteiger partial charge is 0.344 e. The number of alkyl halides is 4. The Morgan fingerprint density at radius 1 is 1.32 bits per heavy atom. The van der Waals surface area contributed by atoms with Gasteiger partial charge in [-0.15, -0.1) is 0 Å². The molecule has 0 aromatic carbocycles. The molecule has 1 aliphatic heterocycles. The van der Waals surface area contributed by atoms with Crippen LogP contribution in [0.1, 0.15) is 19.3 Å². The number of nitrogens with zero attached hydrogens (tertiary/aromatic N) is 1. The molecule has 0 spiro atoms. The number of amides is 2. The van der Waals surface area contributed by atoms with Crippen molar-refractivity contribution in [1.82, 2.24) is 10.2 Å². The third-order valence-corrected chi connectivity index (χ3v) is 3.32. The van der Waals surface area contributed by atoms with Crippen LogP contribution < -0.4 is 5.32 Å². The zero-order valence-electron chi connectivity index (χ0n) is 10.0. The molecular weight excluding hydrogens is 268 g/mol. The van der Waals surface area contributed by atoms with Crippen LogP contribution in [0.2, 0.25) is 0 Å². The van der Waals surface area contributed by atoms with Gasteiger partial charge in [0.15, 0.2) is 0 Å². The average molecular weight is 282 g/mol. The zero-order chi connectivity index (χ0) is 14.2. The van der Waals surface area contributed by atoms with E-state index < -0.39 is 36.7 Å². The number of rotatable bonds is 4. The third kappa shape index (κ3) is 3.16. The molecule has 2 aliphatic rings. The highest BCUT2D eigenvalue weighted by molar-refractivity contribution is 5.90. The molecule has 1 saturated carbocycles. The predicted octanol–water partition coefficient (Wildman–Crippen LogP) is 1.01. The molecule has 1 heterocycles. The number of hydrogen-bond donors (Lipinski definition) is 1. The highest BCUT2D eigenvalue weighted by Crippen LogP contribution is 2.35. The number of hydrogen-bond acceptors (Lipinski definition) is 2. The molecule has 2 amide bonds. The quantitative estimate of drug-likeness (QED) is 0.782. The lowest BCUT2D eigenvalue weighted by Gasteiger charge is -2.27. The van der Waals surface area contributed by atoms with Gasteiger partial charge >= 0.3 is 12.3 Å². The SMILES string of the molecule is O=C1CCN(CC(F)(F)C(F)F)C(=O)C(C2CC2)N1. The van der Waals surface area contributed by atoms with Crippen LogP contribution in [-0.4, -0.2) is 48.2 Å². The standard InChI is InChI=1S/C11H14F4N2O2/c12-10(13)11(14,15)5-17-4-3-7(18)16-8(9(17)19)6-1-2-6/h6,8,10H,1-5H2,(H,16,18). The molecule has 0 aromatic heterocycles.